The van der Waals surface area contributed by atoms with Gasteiger partial charge in [-0.25, -0.2) is 8.42 Å². The Hall–Kier alpha value is -1.24. The molecule has 0 saturated heterocycles. The topological polar surface area (TPSA) is 86.5 Å². The van der Waals surface area contributed by atoms with E-state index in [0.717, 1.165) is 0 Å². The van der Waals surface area contributed by atoms with E-state index < -0.39 is 15.0 Å². The van der Waals surface area contributed by atoms with Crippen molar-refractivity contribution in [2.24, 2.45) is 5.73 Å². The van der Waals surface area contributed by atoms with E-state index in [0.29, 0.717) is 13.2 Å². The highest BCUT2D eigenvalue weighted by molar-refractivity contribution is 8.06. The summed E-state index contributed by atoms with van der Waals surface area (Å²) in [6, 6.07) is 8.34. The third-order valence-corrected chi connectivity index (χ3v) is 3.68. The van der Waals surface area contributed by atoms with Gasteiger partial charge in [-0.15, -0.1) is 0 Å². The van der Waals surface area contributed by atoms with E-state index in [4.69, 9.17) is 10.5 Å². The molecular weight excluding hydrogens is 242 g/mol. The second-order valence-corrected chi connectivity index (χ2v) is 5.20. The lowest BCUT2D eigenvalue weighted by Crippen LogP contribution is -2.18. The summed E-state index contributed by atoms with van der Waals surface area (Å²) in [6.45, 7) is 0.715. The van der Waals surface area contributed by atoms with Crippen LogP contribution in [0.3, 0.4) is 0 Å². The number of rotatable bonds is 6. The second-order valence-electron chi connectivity index (χ2n) is 3.27. The molecule has 0 unspecified atom stereocenters. The first-order valence-electron chi connectivity index (χ1n) is 5.11. The molecule has 93 valence electrons. The Balaban J connectivity index is 2.62. The molecule has 0 aliphatic rings. The first-order chi connectivity index (χ1) is 8.09. The zero-order valence-corrected chi connectivity index (χ0v) is 10.1. The quantitative estimate of drug-likeness (QED) is 0.732. The maximum Gasteiger partial charge on any atom is 0.253 e. The number of sulfone groups is 1. The lowest BCUT2D eigenvalue weighted by atomic mass is 10.4. The van der Waals surface area contributed by atoms with Gasteiger partial charge in [0.1, 0.15) is 0 Å². The number of carbonyl (C=O) groups is 1. The van der Waals surface area contributed by atoms with Gasteiger partial charge < -0.3 is 10.5 Å². The Morgan fingerprint density at radius 1 is 1.41 bits per heavy atom. The molecule has 17 heavy (non-hydrogen) atoms. The van der Waals surface area contributed by atoms with Crippen LogP contribution in [-0.4, -0.2) is 33.3 Å². The number of hydrogen-bond acceptors (Lipinski definition) is 5. The van der Waals surface area contributed by atoms with Gasteiger partial charge in [0.25, 0.3) is 5.12 Å². The van der Waals surface area contributed by atoms with E-state index in [1.807, 2.05) is 0 Å². The van der Waals surface area contributed by atoms with Crippen LogP contribution in [0.25, 0.3) is 0 Å². The molecule has 0 fully saturated rings. The molecule has 0 aliphatic heterocycles. The summed E-state index contributed by atoms with van der Waals surface area (Å²) < 4.78 is 28.5. The van der Waals surface area contributed by atoms with E-state index >= 15 is 0 Å². The molecule has 0 saturated carbocycles. The van der Waals surface area contributed by atoms with Crippen LogP contribution in [0.1, 0.15) is 6.42 Å². The summed E-state index contributed by atoms with van der Waals surface area (Å²) in [6.07, 6.45) is -0.169. The lowest BCUT2D eigenvalue weighted by Gasteiger charge is -2.03. The van der Waals surface area contributed by atoms with Gasteiger partial charge >= 0.3 is 0 Å². The Labute approximate surface area is 100 Å². The van der Waals surface area contributed by atoms with Crippen LogP contribution in [0.4, 0.5) is 0 Å². The summed E-state index contributed by atoms with van der Waals surface area (Å²) in [7, 11) is -3.91. The van der Waals surface area contributed by atoms with E-state index in [-0.39, 0.29) is 17.9 Å². The number of carbonyl (C=O) groups excluding carboxylic acids is 1. The van der Waals surface area contributed by atoms with Crippen molar-refractivity contribution in [2.45, 2.75) is 11.3 Å². The van der Waals surface area contributed by atoms with E-state index in [1.165, 1.54) is 18.2 Å². The highest BCUT2D eigenvalue weighted by Crippen LogP contribution is 2.12. The molecule has 2 N–H and O–H groups in total. The van der Waals surface area contributed by atoms with Gasteiger partial charge in [-0.05, 0) is 18.2 Å². The van der Waals surface area contributed by atoms with Gasteiger partial charge in [0, 0.05) is 13.0 Å². The number of hydrogen-bond donors (Lipinski definition) is 1. The Morgan fingerprint density at radius 2 is 2.18 bits per heavy atom. The highest BCUT2D eigenvalue weighted by Gasteiger charge is 2.23. The van der Waals surface area contributed by atoms with Crippen molar-refractivity contribution in [1.29, 1.82) is 0 Å². The molecule has 0 aromatic heterocycles. The summed E-state index contributed by atoms with van der Waals surface area (Å²) in [4.78, 5) is 11.5. The predicted octanol–water partition coefficient (Wildman–Crippen LogP) is 0.152. The summed E-state index contributed by atoms with van der Waals surface area (Å²) in [5.74, 6) is 0. The maximum atomic E-state index is 11.7. The predicted molar refractivity (Wildman–Crippen MR) is 62.0 cm³/mol. The van der Waals surface area contributed by atoms with Crippen molar-refractivity contribution < 1.29 is 17.9 Å². The van der Waals surface area contributed by atoms with E-state index in [1.54, 1.807) is 6.07 Å². The number of ether oxygens (including phenoxy) is 1. The largest absolute Gasteiger partial charge is 0.380 e. The number of benzene rings is 1. The minimum atomic E-state index is -3.91. The normalized spacial score (nSPS) is 11.4. The fraction of sp³-hybridized carbons (Fsp3) is 0.364. The van der Waals surface area contributed by atoms with Crippen LogP contribution < -0.4 is 5.73 Å². The molecule has 0 atom stereocenters. The van der Waals surface area contributed by atoms with Crippen molar-refractivity contribution >= 4 is 15.0 Å². The van der Waals surface area contributed by atoms with Crippen LogP contribution in [0, 0.1) is 6.07 Å². The van der Waals surface area contributed by atoms with Crippen LogP contribution in [-0.2, 0) is 19.4 Å². The third-order valence-electron chi connectivity index (χ3n) is 2.00. The number of nitrogens with two attached hydrogens (primary N) is 1. The molecule has 0 spiro atoms. The zero-order chi connectivity index (χ0) is 12.7. The van der Waals surface area contributed by atoms with Crippen molar-refractivity contribution in [3.8, 4) is 0 Å². The van der Waals surface area contributed by atoms with E-state index in [2.05, 4.69) is 6.07 Å². The van der Waals surface area contributed by atoms with Gasteiger partial charge in [0.05, 0.1) is 18.1 Å². The maximum absolute atomic E-state index is 11.7. The first kappa shape index (κ1) is 13.8. The smallest absolute Gasteiger partial charge is 0.253 e. The van der Waals surface area contributed by atoms with E-state index in [9.17, 15) is 13.2 Å². The second kappa shape index (κ2) is 6.48. The van der Waals surface area contributed by atoms with Gasteiger partial charge in [-0.3, -0.25) is 4.79 Å². The van der Waals surface area contributed by atoms with Gasteiger partial charge in [0.15, 0.2) is 0 Å². The average molecular weight is 256 g/mol. The molecule has 0 amide bonds. The molecule has 1 radical (unpaired) electrons. The molecule has 0 heterocycles. The molecule has 6 heteroatoms. The summed E-state index contributed by atoms with van der Waals surface area (Å²) in [5.41, 5.74) is 5.19. The van der Waals surface area contributed by atoms with Gasteiger partial charge in [0.2, 0.25) is 9.84 Å². The Morgan fingerprint density at radius 3 is 2.76 bits per heavy atom. The fourth-order valence-electron chi connectivity index (χ4n) is 1.15. The monoisotopic (exact) mass is 256 g/mol. The average Bonchev–Trinajstić information content (AvgIpc) is 2.35. The highest BCUT2D eigenvalue weighted by atomic mass is 32.2. The van der Waals surface area contributed by atoms with Crippen LogP contribution in [0.15, 0.2) is 29.2 Å². The van der Waals surface area contributed by atoms with Crippen LogP contribution in [0.2, 0.25) is 0 Å². The zero-order valence-electron chi connectivity index (χ0n) is 9.26. The van der Waals surface area contributed by atoms with Crippen molar-refractivity contribution in [2.75, 3.05) is 19.8 Å². The standard InChI is InChI=1S/C11H14NO4S/c12-7-9-16-8-6-11(13)17(14,15)10-4-2-1-3-5-10/h1-2,4-5H,6-9,12H2. The summed E-state index contributed by atoms with van der Waals surface area (Å²) in [5, 5.41) is -0.853. The minimum Gasteiger partial charge on any atom is -0.380 e. The molecule has 1 aromatic rings. The lowest BCUT2D eigenvalue weighted by molar-refractivity contribution is -0.112. The molecule has 0 aliphatic carbocycles. The van der Waals surface area contributed by atoms with Crippen molar-refractivity contribution in [3.05, 3.63) is 30.3 Å². The Bertz CT molecular complexity index is 456. The molecule has 0 bridgehead atoms. The minimum absolute atomic E-state index is 0.0381. The molecule has 5 nitrogen and oxygen atoms in total. The van der Waals surface area contributed by atoms with Crippen molar-refractivity contribution in [1.82, 2.24) is 0 Å². The first-order valence-corrected chi connectivity index (χ1v) is 6.59. The molecule has 1 aromatic carbocycles. The third kappa shape index (κ3) is 3.92. The van der Waals surface area contributed by atoms with Crippen LogP contribution >= 0.6 is 0 Å². The van der Waals surface area contributed by atoms with Gasteiger partial charge in [-0.2, -0.15) is 0 Å². The molecular formula is C11H14NO4S. The molecule has 1 rings (SSSR count). The van der Waals surface area contributed by atoms with Crippen LogP contribution in [0.5, 0.6) is 0 Å². The summed E-state index contributed by atoms with van der Waals surface area (Å²) >= 11 is 0. The SMILES string of the molecule is NCCOCCC(=O)S(=O)(=O)c1c[c]ccc1. The van der Waals surface area contributed by atoms with Crippen molar-refractivity contribution in [3.63, 3.8) is 0 Å². The fourth-order valence-corrected chi connectivity index (χ4v) is 2.25. The van der Waals surface area contributed by atoms with Gasteiger partial charge in [-0.1, -0.05) is 12.1 Å². The Kier molecular flexibility index (Phi) is 5.27.